The minimum Gasteiger partial charge on any atom is -0.327 e. The Hall–Kier alpha value is -0.560. The fourth-order valence-electron chi connectivity index (χ4n) is 1.17. The van der Waals surface area contributed by atoms with Crippen molar-refractivity contribution in [3.05, 3.63) is 23.3 Å². The molecule has 0 fully saturated rings. The zero-order valence-corrected chi connectivity index (χ0v) is 5.85. The molecule has 0 saturated carbocycles. The molecule has 50 valence electrons. The number of hydrogen-bond acceptors (Lipinski definition) is 1. The summed E-state index contributed by atoms with van der Waals surface area (Å²) in [6.07, 6.45) is 6.58. The smallest absolute Gasteiger partial charge is 0.0145 e. The van der Waals surface area contributed by atoms with E-state index in [0.717, 1.165) is 19.4 Å². The number of nitrogens with two attached hydrogens (primary N) is 1. The van der Waals surface area contributed by atoms with Crippen molar-refractivity contribution in [2.75, 3.05) is 6.54 Å². The van der Waals surface area contributed by atoms with Crippen molar-refractivity contribution in [2.45, 2.75) is 19.8 Å². The third-order valence-corrected chi connectivity index (χ3v) is 1.76. The first-order valence-electron chi connectivity index (χ1n) is 3.46. The van der Waals surface area contributed by atoms with Crippen LogP contribution in [0.5, 0.6) is 0 Å². The number of allylic oxidation sites excluding steroid dienone is 3. The molecule has 1 heteroatoms. The zero-order valence-electron chi connectivity index (χ0n) is 5.85. The molecule has 0 radical (unpaired) electrons. The molecule has 0 aliphatic heterocycles. The van der Waals surface area contributed by atoms with E-state index in [1.807, 2.05) is 0 Å². The molecule has 1 nitrogen and oxygen atoms in total. The summed E-state index contributed by atoms with van der Waals surface area (Å²) in [6.45, 7) is 2.90. The average molecular weight is 123 g/mol. The highest BCUT2D eigenvalue weighted by atomic mass is 14.5. The summed E-state index contributed by atoms with van der Waals surface area (Å²) in [5.74, 6) is 0. The van der Waals surface area contributed by atoms with Gasteiger partial charge in [-0.2, -0.15) is 0 Å². The first-order valence-corrected chi connectivity index (χ1v) is 3.46. The Kier molecular flexibility index (Phi) is 2.06. The van der Waals surface area contributed by atoms with Crippen molar-refractivity contribution < 1.29 is 0 Å². The second-order valence-electron chi connectivity index (χ2n) is 2.29. The lowest BCUT2D eigenvalue weighted by atomic mass is 10.1. The molecule has 0 aromatic carbocycles. The lowest BCUT2D eigenvalue weighted by Gasteiger charge is -1.99. The van der Waals surface area contributed by atoms with Crippen LogP contribution in [0.1, 0.15) is 19.8 Å². The van der Waals surface area contributed by atoms with Gasteiger partial charge in [0.15, 0.2) is 0 Å². The van der Waals surface area contributed by atoms with Crippen molar-refractivity contribution in [3.63, 3.8) is 0 Å². The van der Waals surface area contributed by atoms with Gasteiger partial charge in [0, 0.05) is 6.54 Å². The molecular weight excluding hydrogens is 110 g/mol. The van der Waals surface area contributed by atoms with E-state index < -0.39 is 0 Å². The predicted molar refractivity (Wildman–Crippen MR) is 40.1 cm³/mol. The summed E-state index contributed by atoms with van der Waals surface area (Å²) in [6, 6.07) is 0. The molecule has 0 atom stereocenters. The van der Waals surface area contributed by atoms with Crippen LogP contribution < -0.4 is 5.73 Å². The van der Waals surface area contributed by atoms with Gasteiger partial charge in [0.1, 0.15) is 0 Å². The van der Waals surface area contributed by atoms with E-state index in [-0.39, 0.29) is 0 Å². The van der Waals surface area contributed by atoms with Crippen molar-refractivity contribution in [1.82, 2.24) is 0 Å². The van der Waals surface area contributed by atoms with Crippen LogP contribution in [0.2, 0.25) is 0 Å². The van der Waals surface area contributed by atoms with Crippen molar-refractivity contribution in [2.24, 2.45) is 5.73 Å². The molecule has 0 unspecified atom stereocenters. The van der Waals surface area contributed by atoms with Crippen LogP contribution in [-0.2, 0) is 0 Å². The van der Waals surface area contributed by atoms with E-state index in [1.165, 1.54) is 11.1 Å². The fraction of sp³-hybridized carbons (Fsp3) is 0.500. The fourth-order valence-corrected chi connectivity index (χ4v) is 1.17. The monoisotopic (exact) mass is 123 g/mol. The van der Waals surface area contributed by atoms with Gasteiger partial charge in [-0.25, -0.2) is 0 Å². The summed E-state index contributed by atoms with van der Waals surface area (Å²) in [4.78, 5) is 0. The minimum absolute atomic E-state index is 0.732. The SMILES string of the molecule is CCC1=C(CN)CC=C1. The summed E-state index contributed by atoms with van der Waals surface area (Å²) in [5, 5.41) is 0. The van der Waals surface area contributed by atoms with Gasteiger partial charge in [0.05, 0.1) is 0 Å². The van der Waals surface area contributed by atoms with Crippen LogP contribution in [0.4, 0.5) is 0 Å². The Labute approximate surface area is 56.2 Å². The van der Waals surface area contributed by atoms with Crippen LogP contribution in [0, 0.1) is 0 Å². The number of hydrogen-bond donors (Lipinski definition) is 1. The van der Waals surface area contributed by atoms with Gasteiger partial charge in [-0.1, -0.05) is 19.1 Å². The quantitative estimate of drug-likeness (QED) is 0.593. The molecule has 1 aliphatic rings. The summed E-state index contributed by atoms with van der Waals surface area (Å²) in [7, 11) is 0. The maximum Gasteiger partial charge on any atom is 0.0145 e. The molecule has 0 heterocycles. The highest BCUT2D eigenvalue weighted by Gasteiger charge is 2.03. The Morgan fingerprint density at radius 1 is 1.67 bits per heavy atom. The van der Waals surface area contributed by atoms with Crippen LogP contribution in [0.3, 0.4) is 0 Å². The molecule has 1 rings (SSSR count). The van der Waals surface area contributed by atoms with E-state index in [1.54, 1.807) is 0 Å². The molecular formula is C8H13N. The van der Waals surface area contributed by atoms with Gasteiger partial charge >= 0.3 is 0 Å². The highest BCUT2D eigenvalue weighted by molar-refractivity contribution is 5.34. The maximum absolute atomic E-state index is 5.50. The summed E-state index contributed by atoms with van der Waals surface area (Å²) < 4.78 is 0. The summed E-state index contributed by atoms with van der Waals surface area (Å²) in [5.41, 5.74) is 8.36. The molecule has 9 heavy (non-hydrogen) atoms. The van der Waals surface area contributed by atoms with Gasteiger partial charge in [0.2, 0.25) is 0 Å². The predicted octanol–water partition coefficient (Wildman–Crippen LogP) is 1.61. The molecule has 0 spiro atoms. The van der Waals surface area contributed by atoms with E-state index in [4.69, 9.17) is 5.73 Å². The molecule has 0 aromatic rings. The van der Waals surface area contributed by atoms with Crippen LogP contribution in [0.15, 0.2) is 23.3 Å². The second-order valence-corrected chi connectivity index (χ2v) is 2.29. The van der Waals surface area contributed by atoms with Gasteiger partial charge in [-0.15, -0.1) is 0 Å². The van der Waals surface area contributed by atoms with E-state index in [0.29, 0.717) is 0 Å². The molecule has 1 aliphatic carbocycles. The van der Waals surface area contributed by atoms with Crippen molar-refractivity contribution in [3.8, 4) is 0 Å². The molecule has 0 aromatic heterocycles. The molecule has 0 amide bonds. The van der Waals surface area contributed by atoms with E-state index in [2.05, 4.69) is 19.1 Å². The highest BCUT2D eigenvalue weighted by Crippen LogP contribution is 2.19. The van der Waals surface area contributed by atoms with Gasteiger partial charge in [0.25, 0.3) is 0 Å². The van der Waals surface area contributed by atoms with Gasteiger partial charge in [-0.05, 0) is 24.0 Å². The van der Waals surface area contributed by atoms with Crippen LogP contribution in [-0.4, -0.2) is 6.54 Å². The third-order valence-electron chi connectivity index (χ3n) is 1.76. The lowest BCUT2D eigenvalue weighted by molar-refractivity contribution is 1.03. The van der Waals surface area contributed by atoms with E-state index >= 15 is 0 Å². The topological polar surface area (TPSA) is 26.0 Å². The van der Waals surface area contributed by atoms with Gasteiger partial charge < -0.3 is 5.73 Å². The van der Waals surface area contributed by atoms with Crippen LogP contribution in [0.25, 0.3) is 0 Å². The Bertz CT molecular complexity index is 154. The first-order chi connectivity index (χ1) is 4.38. The lowest BCUT2D eigenvalue weighted by Crippen LogP contribution is -2.02. The standard InChI is InChI=1S/C8H13N/c1-2-7-4-3-5-8(7)6-9/h3-4H,2,5-6,9H2,1H3. The van der Waals surface area contributed by atoms with Crippen molar-refractivity contribution in [1.29, 1.82) is 0 Å². The normalized spacial score (nSPS) is 17.6. The van der Waals surface area contributed by atoms with Gasteiger partial charge in [-0.3, -0.25) is 0 Å². The molecule has 0 saturated heterocycles. The molecule has 2 N–H and O–H groups in total. The number of rotatable bonds is 2. The Balaban J connectivity index is 2.67. The maximum atomic E-state index is 5.50. The van der Waals surface area contributed by atoms with Crippen LogP contribution >= 0.6 is 0 Å². The zero-order chi connectivity index (χ0) is 6.69. The second kappa shape index (κ2) is 2.83. The largest absolute Gasteiger partial charge is 0.327 e. The Morgan fingerprint density at radius 2 is 2.44 bits per heavy atom. The summed E-state index contributed by atoms with van der Waals surface area (Å²) >= 11 is 0. The van der Waals surface area contributed by atoms with E-state index in [9.17, 15) is 0 Å². The first kappa shape index (κ1) is 6.56. The van der Waals surface area contributed by atoms with Crippen molar-refractivity contribution >= 4 is 0 Å². The minimum atomic E-state index is 0.732. The Morgan fingerprint density at radius 3 is 2.89 bits per heavy atom. The average Bonchev–Trinajstić information content (AvgIpc) is 2.33. The molecule has 0 bridgehead atoms. The third kappa shape index (κ3) is 1.22.